The molecule has 1 aromatic heterocycles. The predicted molar refractivity (Wildman–Crippen MR) is 110 cm³/mol. The molecule has 0 bridgehead atoms. The first-order chi connectivity index (χ1) is 14.2. The van der Waals surface area contributed by atoms with Gasteiger partial charge in [0.05, 0.1) is 5.56 Å². The number of amides is 1. The molecule has 1 N–H and O–H groups in total. The first kappa shape index (κ1) is 18.5. The van der Waals surface area contributed by atoms with Crippen LogP contribution >= 0.6 is 0 Å². The van der Waals surface area contributed by atoms with E-state index in [2.05, 4.69) is 5.32 Å². The maximum absolute atomic E-state index is 12.6. The number of hydrogen-bond acceptors (Lipinski definition) is 4. The molecular weight excluding hydrogens is 366 g/mol. The third-order valence-electron chi connectivity index (χ3n) is 4.57. The van der Waals surface area contributed by atoms with E-state index in [0.29, 0.717) is 23.4 Å². The van der Waals surface area contributed by atoms with E-state index >= 15 is 0 Å². The van der Waals surface area contributed by atoms with Crippen LogP contribution in [0, 0.1) is 0 Å². The van der Waals surface area contributed by atoms with Crippen molar-refractivity contribution in [1.82, 2.24) is 5.32 Å². The molecule has 0 radical (unpaired) electrons. The van der Waals surface area contributed by atoms with Crippen LogP contribution in [0.1, 0.15) is 27.7 Å². The molecule has 0 aliphatic heterocycles. The van der Waals surface area contributed by atoms with Crippen LogP contribution in [0.4, 0.5) is 0 Å². The zero-order valence-corrected chi connectivity index (χ0v) is 15.6. The minimum Gasteiger partial charge on any atom is -0.483 e. The minimum absolute atomic E-state index is 0.214. The molecule has 5 nitrogen and oxygen atoms in total. The van der Waals surface area contributed by atoms with Crippen molar-refractivity contribution in [3.05, 3.63) is 102 Å². The Balaban J connectivity index is 1.55. The van der Waals surface area contributed by atoms with Crippen LogP contribution in [0.3, 0.4) is 0 Å². The number of furan rings is 1. The Morgan fingerprint density at radius 1 is 0.966 bits per heavy atom. The van der Waals surface area contributed by atoms with Gasteiger partial charge in [-0.25, -0.2) is 0 Å². The normalized spacial score (nSPS) is 11.7. The van der Waals surface area contributed by atoms with E-state index in [4.69, 9.17) is 9.15 Å². The van der Waals surface area contributed by atoms with Gasteiger partial charge in [0.15, 0.2) is 12.9 Å². The van der Waals surface area contributed by atoms with Crippen molar-refractivity contribution in [3.8, 4) is 5.75 Å². The van der Waals surface area contributed by atoms with Gasteiger partial charge in [0.25, 0.3) is 5.91 Å². The summed E-state index contributed by atoms with van der Waals surface area (Å²) < 4.78 is 11.5. The first-order valence-electron chi connectivity index (χ1n) is 9.24. The second-order valence-electron chi connectivity index (χ2n) is 6.54. The molecule has 144 valence electrons. The summed E-state index contributed by atoms with van der Waals surface area (Å²) in [5.74, 6) is 0.691. The summed E-state index contributed by atoms with van der Waals surface area (Å²) in [7, 11) is 0. The van der Waals surface area contributed by atoms with Gasteiger partial charge in [0, 0.05) is 5.39 Å². The molecule has 0 aliphatic carbocycles. The minimum atomic E-state index is -0.457. The summed E-state index contributed by atoms with van der Waals surface area (Å²) in [4.78, 5) is 23.7. The van der Waals surface area contributed by atoms with E-state index in [9.17, 15) is 9.59 Å². The monoisotopic (exact) mass is 385 g/mol. The van der Waals surface area contributed by atoms with E-state index in [1.165, 1.54) is 0 Å². The summed E-state index contributed by atoms with van der Waals surface area (Å²) in [6, 6.07) is 25.6. The molecule has 1 atom stereocenters. The van der Waals surface area contributed by atoms with Crippen molar-refractivity contribution in [2.45, 2.75) is 6.04 Å². The van der Waals surface area contributed by atoms with Crippen molar-refractivity contribution < 1.29 is 18.7 Å². The first-order valence-corrected chi connectivity index (χ1v) is 9.24. The van der Waals surface area contributed by atoms with Crippen LogP contribution in [0.2, 0.25) is 0 Å². The number of benzene rings is 3. The van der Waals surface area contributed by atoms with Crippen LogP contribution < -0.4 is 10.1 Å². The SMILES string of the molecule is O=Cc1ccccc1OCC(=O)NC(c1ccccc1)c1cc2ccccc2o1. The number of rotatable bonds is 7. The summed E-state index contributed by atoms with van der Waals surface area (Å²) in [6.45, 7) is -0.214. The summed E-state index contributed by atoms with van der Waals surface area (Å²) in [5.41, 5.74) is 2.05. The average Bonchev–Trinajstić information content (AvgIpc) is 3.20. The van der Waals surface area contributed by atoms with Crippen LogP contribution in [0.5, 0.6) is 5.75 Å². The van der Waals surface area contributed by atoms with Crippen LogP contribution in [0.25, 0.3) is 11.0 Å². The van der Waals surface area contributed by atoms with Gasteiger partial charge >= 0.3 is 0 Å². The molecule has 0 saturated heterocycles. The number of carbonyl (C=O) groups is 2. The smallest absolute Gasteiger partial charge is 0.258 e. The van der Waals surface area contributed by atoms with E-state index in [1.807, 2.05) is 60.7 Å². The Morgan fingerprint density at radius 3 is 2.48 bits per heavy atom. The van der Waals surface area contributed by atoms with Gasteiger partial charge in [0.1, 0.15) is 23.1 Å². The third-order valence-corrected chi connectivity index (χ3v) is 4.57. The quantitative estimate of drug-likeness (QED) is 0.475. The largest absolute Gasteiger partial charge is 0.483 e. The number of fused-ring (bicyclic) bond motifs is 1. The van der Waals surface area contributed by atoms with Crippen molar-refractivity contribution in [1.29, 1.82) is 0 Å². The molecule has 5 heteroatoms. The van der Waals surface area contributed by atoms with Crippen molar-refractivity contribution >= 4 is 23.2 Å². The van der Waals surface area contributed by atoms with E-state index < -0.39 is 6.04 Å². The molecule has 0 spiro atoms. The molecule has 3 aromatic carbocycles. The average molecular weight is 385 g/mol. The van der Waals surface area contributed by atoms with Gasteiger partial charge in [-0.2, -0.15) is 0 Å². The zero-order chi connectivity index (χ0) is 20.1. The van der Waals surface area contributed by atoms with E-state index in [0.717, 1.165) is 16.5 Å². The lowest BCUT2D eigenvalue weighted by Gasteiger charge is -2.17. The lowest BCUT2D eigenvalue weighted by Crippen LogP contribution is -2.33. The van der Waals surface area contributed by atoms with Gasteiger partial charge < -0.3 is 14.5 Å². The maximum atomic E-state index is 12.6. The van der Waals surface area contributed by atoms with Crippen molar-refractivity contribution in [3.63, 3.8) is 0 Å². The fourth-order valence-corrected chi connectivity index (χ4v) is 3.16. The number of para-hydroxylation sites is 2. The maximum Gasteiger partial charge on any atom is 0.258 e. The third kappa shape index (κ3) is 4.19. The lowest BCUT2D eigenvalue weighted by molar-refractivity contribution is -0.123. The van der Waals surface area contributed by atoms with Gasteiger partial charge in [-0.3, -0.25) is 9.59 Å². The molecule has 0 fully saturated rings. The molecule has 1 unspecified atom stereocenters. The van der Waals surface area contributed by atoms with Crippen LogP contribution in [-0.4, -0.2) is 18.8 Å². The highest BCUT2D eigenvalue weighted by atomic mass is 16.5. The molecule has 0 aliphatic rings. The summed E-state index contributed by atoms with van der Waals surface area (Å²) in [5, 5.41) is 3.94. The molecule has 1 heterocycles. The number of carbonyl (C=O) groups excluding carboxylic acids is 2. The van der Waals surface area contributed by atoms with Gasteiger partial charge in [-0.1, -0.05) is 60.7 Å². The highest BCUT2D eigenvalue weighted by Crippen LogP contribution is 2.28. The second kappa shape index (κ2) is 8.44. The van der Waals surface area contributed by atoms with E-state index in [1.54, 1.807) is 24.3 Å². The number of nitrogens with one attached hydrogen (secondary N) is 1. The molecule has 4 aromatic rings. The molecular formula is C24H19NO4. The Bertz CT molecular complexity index is 1100. The van der Waals surface area contributed by atoms with Crippen LogP contribution in [-0.2, 0) is 4.79 Å². The van der Waals surface area contributed by atoms with Gasteiger partial charge in [-0.15, -0.1) is 0 Å². The molecule has 4 rings (SSSR count). The molecule has 0 saturated carbocycles. The van der Waals surface area contributed by atoms with Crippen molar-refractivity contribution in [2.24, 2.45) is 0 Å². The fourth-order valence-electron chi connectivity index (χ4n) is 3.16. The van der Waals surface area contributed by atoms with Gasteiger partial charge in [-0.05, 0) is 29.8 Å². The molecule has 29 heavy (non-hydrogen) atoms. The predicted octanol–water partition coefficient (Wildman–Crippen LogP) is 4.53. The van der Waals surface area contributed by atoms with Crippen molar-refractivity contribution in [2.75, 3.05) is 6.61 Å². The standard InChI is InChI=1S/C24H19NO4/c26-15-19-11-5-6-12-20(19)28-16-23(27)25-24(17-8-2-1-3-9-17)22-14-18-10-4-7-13-21(18)29-22/h1-15,24H,16H2,(H,25,27). The topological polar surface area (TPSA) is 68.5 Å². The highest BCUT2D eigenvalue weighted by Gasteiger charge is 2.21. The number of hydrogen-bond donors (Lipinski definition) is 1. The Labute approximate surface area is 167 Å². The number of ether oxygens (including phenoxy) is 1. The second-order valence-corrected chi connectivity index (χ2v) is 6.54. The Morgan fingerprint density at radius 2 is 1.69 bits per heavy atom. The summed E-state index contributed by atoms with van der Waals surface area (Å²) >= 11 is 0. The Hall–Kier alpha value is -3.86. The van der Waals surface area contributed by atoms with Crippen LogP contribution in [0.15, 0.2) is 89.3 Å². The lowest BCUT2D eigenvalue weighted by atomic mass is 10.0. The van der Waals surface area contributed by atoms with Gasteiger partial charge in [0.2, 0.25) is 0 Å². The summed E-state index contributed by atoms with van der Waals surface area (Å²) in [6.07, 6.45) is 0.703. The zero-order valence-electron chi connectivity index (χ0n) is 15.6. The van der Waals surface area contributed by atoms with E-state index in [-0.39, 0.29) is 12.5 Å². The molecule has 1 amide bonds. The highest BCUT2D eigenvalue weighted by molar-refractivity contribution is 5.82. The number of aldehydes is 1. The Kier molecular flexibility index (Phi) is 5.38. The fraction of sp³-hybridized carbons (Fsp3) is 0.0833.